The van der Waals surface area contributed by atoms with Gasteiger partial charge < -0.3 is 15.2 Å². The average molecular weight is 258 g/mol. The number of nitrogens with zero attached hydrogens (tertiary/aromatic N) is 1. The zero-order chi connectivity index (χ0) is 12.7. The second-order valence-electron chi connectivity index (χ2n) is 3.36. The summed E-state index contributed by atoms with van der Waals surface area (Å²) in [5.74, 6) is -1.45. The molecule has 0 aromatic carbocycles. The first kappa shape index (κ1) is 13.6. The molecule has 1 aromatic rings. The Hall–Kier alpha value is -1.47. The van der Waals surface area contributed by atoms with E-state index in [-0.39, 0.29) is 0 Å². The second kappa shape index (κ2) is 6.97. The van der Waals surface area contributed by atoms with Crippen molar-refractivity contribution in [1.82, 2.24) is 10.3 Å². The van der Waals surface area contributed by atoms with Crippen molar-refractivity contribution in [2.24, 2.45) is 0 Å². The Kier molecular flexibility index (Phi) is 5.58. The highest BCUT2D eigenvalue weighted by atomic mass is 32.1. The van der Waals surface area contributed by atoms with Crippen LogP contribution in [0.15, 0.2) is 11.7 Å². The molecular weight excluding hydrogens is 244 g/mol. The van der Waals surface area contributed by atoms with E-state index in [1.54, 1.807) is 7.11 Å². The summed E-state index contributed by atoms with van der Waals surface area (Å²) in [5, 5.41) is 11.4. The van der Waals surface area contributed by atoms with E-state index in [2.05, 4.69) is 10.3 Å². The summed E-state index contributed by atoms with van der Waals surface area (Å²) < 4.78 is 4.84. The third-order valence-electron chi connectivity index (χ3n) is 2.10. The predicted molar refractivity (Wildman–Crippen MR) is 62.1 cm³/mol. The first-order valence-electron chi connectivity index (χ1n) is 5.06. The van der Waals surface area contributed by atoms with Crippen molar-refractivity contribution in [3.8, 4) is 0 Å². The van der Waals surface area contributed by atoms with Crippen molar-refractivity contribution in [2.45, 2.75) is 18.9 Å². The van der Waals surface area contributed by atoms with Crippen LogP contribution in [0.2, 0.25) is 0 Å². The van der Waals surface area contributed by atoms with Gasteiger partial charge in [0, 0.05) is 13.7 Å². The quantitative estimate of drug-likeness (QED) is 0.705. The Morgan fingerprint density at radius 2 is 2.41 bits per heavy atom. The summed E-state index contributed by atoms with van der Waals surface area (Å²) in [4.78, 5) is 26.7. The van der Waals surface area contributed by atoms with Gasteiger partial charge in [-0.2, -0.15) is 0 Å². The number of carbonyl (C=O) groups excluding carboxylic acids is 1. The Balaban J connectivity index is 2.49. The second-order valence-corrected chi connectivity index (χ2v) is 4.25. The maximum absolute atomic E-state index is 11.6. The molecule has 1 heterocycles. The largest absolute Gasteiger partial charge is 0.480 e. The smallest absolute Gasteiger partial charge is 0.326 e. The van der Waals surface area contributed by atoms with Crippen molar-refractivity contribution in [1.29, 1.82) is 0 Å². The summed E-state index contributed by atoms with van der Waals surface area (Å²) >= 11 is 1.17. The van der Waals surface area contributed by atoms with E-state index >= 15 is 0 Å². The Labute approximate surface area is 103 Å². The first-order valence-corrected chi connectivity index (χ1v) is 5.94. The highest BCUT2D eigenvalue weighted by Gasteiger charge is 2.20. The summed E-state index contributed by atoms with van der Waals surface area (Å²) in [7, 11) is 1.55. The van der Waals surface area contributed by atoms with Crippen LogP contribution in [0, 0.1) is 0 Å². The van der Waals surface area contributed by atoms with Crippen LogP contribution < -0.4 is 5.32 Å². The van der Waals surface area contributed by atoms with Crippen molar-refractivity contribution in [2.75, 3.05) is 13.7 Å². The third-order valence-corrected chi connectivity index (χ3v) is 2.87. The molecular formula is C10H14N2O4S. The number of carboxylic acids is 1. The summed E-state index contributed by atoms with van der Waals surface area (Å²) in [5.41, 5.74) is 1.52. The number of amides is 1. The zero-order valence-corrected chi connectivity index (χ0v) is 10.2. The molecule has 0 aliphatic heterocycles. The summed E-state index contributed by atoms with van der Waals surface area (Å²) in [6, 6.07) is -0.889. The van der Waals surface area contributed by atoms with Gasteiger partial charge in [-0.05, 0) is 12.8 Å². The molecule has 0 saturated carbocycles. The number of aromatic nitrogens is 1. The maximum Gasteiger partial charge on any atom is 0.326 e. The topological polar surface area (TPSA) is 88.5 Å². The van der Waals surface area contributed by atoms with Gasteiger partial charge in [0.1, 0.15) is 10.9 Å². The molecule has 1 atom stereocenters. The molecule has 17 heavy (non-hydrogen) atoms. The molecule has 0 spiro atoms. The number of thiazole rings is 1. The van der Waals surface area contributed by atoms with Gasteiger partial charge in [-0.15, -0.1) is 11.3 Å². The lowest BCUT2D eigenvalue weighted by Crippen LogP contribution is -2.40. The van der Waals surface area contributed by atoms with Crippen LogP contribution in [0.3, 0.4) is 0 Å². The fourth-order valence-electron chi connectivity index (χ4n) is 1.25. The number of aliphatic carboxylic acids is 1. The van der Waals surface area contributed by atoms with Gasteiger partial charge in [-0.3, -0.25) is 9.78 Å². The summed E-state index contributed by atoms with van der Waals surface area (Å²) in [6.07, 6.45) is 2.33. The fraction of sp³-hybridized carbons (Fsp3) is 0.500. The van der Waals surface area contributed by atoms with Gasteiger partial charge in [0.15, 0.2) is 0 Å². The number of carboxylic acid groups (broad SMARTS) is 1. The number of hydrogen-bond donors (Lipinski definition) is 2. The monoisotopic (exact) mass is 258 g/mol. The molecule has 0 radical (unpaired) electrons. The molecule has 1 amide bonds. The number of hydrogen-bond acceptors (Lipinski definition) is 5. The maximum atomic E-state index is 11.6. The molecule has 2 N–H and O–H groups in total. The van der Waals surface area contributed by atoms with E-state index < -0.39 is 17.9 Å². The molecule has 1 rings (SSSR count). The molecule has 94 valence electrons. The van der Waals surface area contributed by atoms with Gasteiger partial charge in [-0.25, -0.2) is 4.79 Å². The Morgan fingerprint density at radius 3 is 2.94 bits per heavy atom. The van der Waals surface area contributed by atoms with E-state index in [1.165, 1.54) is 23.0 Å². The molecule has 0 aliphatic rings. The third kappa shape index (κ3) is 4.49. The van der Waals surface area contributed by atoms with Crippen molar-refractivity contribution < 1.29 is 19.4 Å². The van der Waals surface area contributed by atoms with Gasteiger partial charge in [0.25, 0.3) is 5.91 Å². The highest BCUT2D eigenvalue weighted by Crippen LogP contribution is 2.06. The minimum Gasteiger partial charge on any atom is -0.480 e. The molecule has 7 heteroatoms. The van der Waals surface area contributed by atoms with E-state index in [9.17, 15) is 9.59 Å². The van der Waals surface area contributed by atoms with Crippen LogP contribution in [0.25, 0.3) is 0 Å². The Morgan fingerprint density at radius 1 is 1.65 bits per heavy atom. The molecule has 0 fully saturated rings. The molecule has 0 saturated heterocycles. The predicted octanol–water partition coefficient (Wildman–Crippen LogP) is 0.753. The number of ether oxygens (including phenoxy) is 1. The zero-order valence-electron chi connectivity index (χ0n) is 9.38. The van der Waals surface area contributed by atoms with Crippen molar-refractivity contribution in [3.63, 3.8) is 0 Å². The van der Waals surface area contributed by atoms with Crippen LogP contribution in [-0.4, -0.2) is 41.7 Å². The molecule has 0 bridgehead atoms. The van der Waals surface area contributed by atoms with Gasteiger partial charge in [-0.1, -0.05) is 0 Å². The van der Waals surface area contributed by atoms with Crippen LogP contribution in [-0.2, 0) is 9.53 Å². The van der Waals surface area contributed by atoms with Crippen LogP contribution in [0.5, 0.6) is 0 Å². The first-order chi connectivity index (χ1) is 8.15. The van der Waals surface area contributed by atoms with E-state index in [1.807, 2.05) is 0 Å². The number of carbonyl (C=O) groups is 2. The van der Waals surface area contributed by atoms with Gasteiger partial charge in [0.05, 0.1) is 11.7 Å². The molecule has 1 unspecified atom stereocenters. The number of methoxy groups -OCH3 is 1. The van der Waals surface area contributed by atoms with E-state index in [0.29, 0.717) is 24.3 Å². The molecule has 6 nitrogen and oxygen atoms in total. The number of rotatable bonds is 7. The molecule has 0 aliphatic carbocycles. The standard InChI is InChI=1S/C10H14N2O4S/c1-16-4-2-3-7(10(14)15)12-9(13)8-5-11-6-17-8/h5-7H,2-4H2,1H3,(H,12,13)(H,14,15). The van der Waals surface area contributed by atoms with Crippen LogP contribution >= 0.6 is 11.3 Å². The lowest BCUT2D eigenvalue weighted by molar-refractivity contribution is -0.139. The highest BCUT2D eigenvalue weighted by molar-refractivity contribution is 7.11. The number of nitrogens with one attached hydrogen (secondary N) is 1. The Bertz CT molecular complexity index is 366. The van der Waals surface area contributed by atoms with Crippen LogP contribution in [0.4, 0.5) is 0 Å². The van der Waals surface area contributed by atoms with Gasteiger partial charge in [0.2, 0.25) is 0 Å². The van der Waals surface area contributed by atoms with E-state index in [0.717, 1.165) is 0 Å². The lowest BCUT2D eigenvalue weighted by Gasteiger charge is -2.13. The van der Waals surface area contributed by atoms with Crippen molar-refractivity contribution >= 4 is 23.2 Å². The van der Waals surface area contributed by atoms with Gasteiger partial charge >= 0.3 is 5.97 Å². The SMILES string of the molecule is COCCCC(NC(=O)c1cncs1)C(=O)O. The normalized spacial score (nSPS) is 12.1. The average Bonchev–Trinajstić information content (AvgIpc) is 2.81. The lowest BCUT2D eigenvalue weighted by atomic mass is 10.1. The minimum atomic E-state index is -1.04. The molecule has 1 aromatic heterocycles. The van der Waals surface area contributed by atoms with Crippen LogP contribution in [0.1, 0.15) is 22.5 Å². The fourth-order valence-corrected chi connectivity index (χ4v) is 1.77. The van der Waals surface area contributed by atoms with Crippen molar-refractivity contribution in [3.05, 3.63) is 16.6 Å². The minimum absolute atomic E-state index is 0.341. The summed E-state index contributed by atoms with van der Waals surface area (Å²) in [6.45, 7) is 0.472. The van der Waals surface area contributed by atoms with E-state index in [4.69, 9.17) is 9.84 Å².